The van der Waals surface area contributed by atoms with Crippen molar-refractivity contribution < 1.29 is 4.74 Å². The molecule has 5 heteroatoms. The van der Waals surface area contributed by atoms with E-state index >= 15 is 0 Å². The van der Waals surface area contributed by atoms with Gasteiger partial charge >= 0.3 is 0 Å². The molecule has 0 aliphatic rings. The molecule has 0 saturated heterocycles. The molecule has 0 atom stereocenters. The van der Waals surface area contributed by atoms with Crippen LogP contribution in [0, 0.1) is 0 Å². The van der Waals surface area contributed by atoms with Crippen LogP contribution in [0.3, 0.4) is 0 Å². The summed E-state index contributed by atoms with van der Waals surface area (Å²) in [6.45, 7) is 2.74. The molecule has 0 radical (unpaired) electrons. The summed E-state index contributed by atoms with van der Waals surface area (Å²) in [6.07, 6.45) is 1.06. The second kappa shape index (κ2) is 10.0. The van der Waals surface area contributed by atoms with Crippen molar-refractivity contribution in [2.24, 2.45) is 0 Å². The molecule has 0 bridgehead atoms. The SMILES string of the molecule is COc1cccc(NC(=S)N(CCCN(C)C)Cc2ccccc2)c1. The molecule has 0 unspecified atom stereocenters. The third kappa shape index (κ3) is 6.72. The van der Waals surface area contributed by atoms with E-state index in [2.05, 4.69) is 53.5 Å². The first-order chi connectivity index (χ1) is 12.1. The van der Waals surface area contributed by atoms with Gasteiger partial charge in [0.2, 0.25) is 0 Å². The number of thiocarbonyl (C=S) groups is 1. The fraction of sp³-hybridized carbons (Fsp3) is 0.350. The minimum absolute atomic E-state index is 0.732. The smallest absolute Gasteiger partial charge is 0.173 e. The molecule has 0 amide bonds. The van der Waals surface area contributed by atoms with Crippen molar-refractivity contribution in [3.05, 3.63) is 60.2 Å². The highest BCUT2D eigenvalue weighted by molar-refractivity contribution is 7.80. The fourth-order valence-electron chi connectivity index (χ4n) is 2.54. The average molecular weight is 358 g/mol. The first-order valence-electron chi connectivity index (χ1n) is 8.47. The highest BCUT2D eigenvalue weighted by Crippen LogP contribution is 2.18. The van der Waals surface area contributed by atoms with E-state index in [1.807, 2.05) is 30.3 Å². The van der Waals surface area contributed by atoms with E-state index < -0.39 is 0 Å². The summed E-state index contributed by atoms with van der Waals surface area (Å²) >= 11 is 5.68. The maximum Gasteiger partial charge on any atom is 0.173 e. The molecule has 4 nitrogen and oxygen atoms in total. The highest BCUT2D eigenvalue weighted by Gasteiger charge is 2.11. The first kappa shape index (κ1) is 19.2. The van der Waals surface area contributed by atoms with Gasteiger partial charge in [-0.05, 0) is 57.0 Å². The summed E-state index contributed by atoms with van der Waals surface area (Å²) in [7, 11) is 5.85. The Balaban J connectivity index is 2.05. The number of hydrogen-bond donors (Lipinski definition) is 1. The second-order valence-electron chi connectivity index (χ2n) is 6.23. The molecular weight excluding hydrogens is 330 g/mol. The van der Waals surface area contributed by atoms with E-state index in [0.29, 0.717) is 0 Å². The van der Waals surface area contributed by atoms with Gasteiger partial charge in [0, 0.05) is 24.8 Å². The predicted molar refractivity (Wildman–Crippen MR) is 109 cm³/mol. The van der Waals surface area contributed by atoms with E-state index in [4.69, 9.17) is 17.0 Å². The number of benzene rings is 2. The molecule has 0 fully saturated rings. The van der Waals surface area contributed by atoms with Crippen LogP contribution in [0.25, 0.3) is 0 Å². The Morgan fingerprint density at radius 3 is 2.48 bits per heavy atom. The maximum atomic E-state index is 5.68. The number of anilines is 1. The van der Waals surface area contributed by atoms with Gasteiger partial charge in [0.05, 0.1) is 7.11 Å². The lowest BCUT2D eigenvalue weighted by Gasteiger charge is -2.27. The lowest BCUT2D eigenvalue weighted by atomic mass is 10.2. The molecule has 0 aliphatic carbocycles. The Morgan fingerprint density at radius 2 is 1.80 bits per heavy atom. The van der Waals surface area contributed by atoms with Crippen molar-refractivity contribution in [3.63, 3.8) is 0 Å². The van der Waals surface area contributed by atoms with E-state index in [1.165, 1.54) is 5.56 Å². The van der Waals surface area contributed by atoms with E-state index in [-0.39, 0.29) is 0 Å². The van der Waals surface area contributed by atoms with Crippen molar-refractivity contribution in [3.8, 4) is 5.75 Å². The lowest BCUT2D eigenvalue weighted by Crippen LogP contribution is -2.36. The van der Waals surface area contributed by atoms with Gasteiger partial charge in [-0.25, -0.2) is 0 Å². The normalized spacial score (nSPS) is 10.6. The molecule has 0 spiro atoms. The Bertz CT molecular complexity index is 661. The van der Waals surface area contributed by atoms with E-state index in [9.17, 15) is 0 Å². The Hall–Kier alpha value is -2.11. The number of nitrogens with one attached hydrogen (secondary N) is 1. The molecule has 0 saturated carbocycles. The number of hydrogen-bond acceptors (Lipinski definition) is 3. The van der Waals surface area contributed by atoms with Crippen molar-refractivity contribution in [1.82, 2.24) is 9.80 Å². The number of methoxy groups -OCH3 is 1. The minimum atomic E-state index is 0.732. The van der Waals surface area contributed by atoms with Crippen LogP contribution in [-0.2, 0) is 6.54 Å². The molecule has 2 aromatic rings. The molecule has 2 aromatic carbocycles. The van der Waals surface area contributed by atoms with Crippen LogP contribution in [0.2, 0.25) is 0 Å². The van der Waals surface area contributed by atoms with E-state index in [0.717, 1.165) is 42.6 Å². The molecule has 134 valence electrons. The van der Waals surface area contributed by atoms with Gasteiger partial charge in [0.1, 0.15) is 5.75 Å². The average Bonchev–Trinajstić information content (AvgIpc) is 2.61. The number of nitrogens with zero attached hydrogens (tertiary/aromatic N) is 2. The van der Waals surface area contributed by atoms with Crippen molar-refractivity contribution in [2.75, 3.05) is 39.6 Å². The van der Waals surface area contributed by atoms with Crippen LogP contribution in [0.1, 0.15) is 12.0 Å². The summed E-state index contributed by atoms with van der Waals surface area (Å²) in [5, 5.41) is 4.07. The Labute approximate surface area is 156 Å². The van der Waals surface area contributed by atoms with Crippen LogP contribution in [0.15, 0.2) is 54.6 Å². The zero-order valence-electron chi connectivity index (χ0n) is 15.2. The summed E-state index contributed by atoms with van der Waals surface area (Å²) in [5.41, 5.74) is 2.19. The van der Waals surface area contributed by atoms with Gasteiger partial charge in [0.15, 0.2) is 5.11 Å². The minimum Gasteiger partial charge on any atom is -0.497 e. The van der Waals surface area contributed by atoms with Gasteiger partial charge in [-0.1, -0.05) is 36.4 Å². The van der Waals surface area contributed by atoms with Gasteiger partial charge in [-0.2, -0.15) is 0 Å². The molecule has 1 N–H and O–H groups in total. The summed E-state index contributed by atoms with van der Waals surface area (Å²) < 4.78 is 5.28. The number of ether oxygens (including phenoxy) is 1. The summed E-state index contributed by atoms with van der Waals surface area (Å²) in [4.78, 5) is 4.41. The molecule has 0 aliphatic heterocycles. The Kier molecular flexibility index (Phi) is 7.70. The van der Waals surface area contributed by atoms with Gasteiger partial charge in [0.25, 0.3) is 0 Å². The van der Waals surface area contributed by atoms with Crippen LogP contribution in [0.4, 0.5) is 5.69 Å². The molecule has 25 heavy (non-hydrogen) atoms. The van der Waals surface area contributed by atoms with Crippen LogP contribution < -0.4 is 10.1 Å². The predicted octanol–water partition coefficient (Wildman–Crippen LogP) is 3.85. The van der Waals surface area contributed by atoms with Gasteiger partial charge in [-0.3, -0.25) is 0 Å². The highest BCUT2D eigenvalue weighted by atomic mass is 32.1. The lowest BCUT2D eigenvalue weighted by molar-refractivity contribution is 0.346. The van der Waals surface area contributed by atoms with Crippen molar-refractivity contribution >= 4 is 23.0 Å². The van der Waals surface area contributed by atoms with Crippen LogP contribution in [-0.4, -0.2) is 49.2 Å². The van der Waals surface area contributed by atoms with Crippen molar-refractivity contribution in [1.29, 1.82) is 0 Å². The topological polar surface area (TPSA) is 27.7 Å². The van der Waals surface area contributed by atoms with Crippen LogP contribution >= 0.6 is 12.2 Å². The second-order valence-corrected chi connectivity index (χ2v) is 6.61. The zero-order valence-corrected chi connectivity index (χ0v) is 16.1. The third-order valence-corrected chi connectivity index (χ3v) is 4.22. The number of rotatable bonds is 8. The monoisotopic (exact) mass is 357 g/mol. The molecular formula is C20H27N3OS. The molecule has 2 rings (SSSR count). The summed E-state index contributed by atoms with van der Waals surface area (Å²) in [6, 6.07) is 18.2. The third-order valence-electron chi connectivity index (χ3n) is 3.86. The maximum absolute atomic E-state index is 5.68. The largest absolute Gasteiger partial charge is 0.497 e. The molecule has 0 aromatic heterocycles. The zero-order chi connectivity index (χ0) is 18.1. The fourth-order valence-corrected chi connectivity index (χ4v) is 2.81. The molecule has 0 heterocycles. The van der Waals surface area contributed by atoms with Crippen molar-refractivity contribution in [2.45, 2.75) is 13.0 Å². The van der Waals surface area contributed by atoms with E-state index in [1.54, 1.807) is 7.11 Å². The standard InChI is InChI=1S/C20H27N3OS/c1-22(2)13-8-14-23(16-17-9-5-4-6-10-17)20(25)21-18-11-7-12-19(15-18)24-3/h4-7,9-12,15H,8,13-14,16H2,1-3H3,(H,21,25). The Morgan fingerprint density at radius 1 is 1.04 bits per heavy atom. The first-order valence-corrected chi connectivity index (χ1v) is 8.88. The van der Waals surface area contributed by atoms with Crippen LogP contribution in [0.5, 0.6) is 5.75 Å². The van der Waals surface area contributed by atoms with Gasteiger partial charge < -0.3 is 19.9 Å². The summed E-state index contributed by atoms with van der Waals surface area (Å²) in [5.74, 6) is 0.815. The van der Waals surface area contributed by atoms with Gasteiger partial charge in [-0.15, -0.1) is 0 Å². The quantitative estimate of drug-likeness (QED) is 0.725.